The largest absolute Gasteiger partial charge is 0.495 e. The minimum atomic E-state index is -3.49. The highest BCUT2D eigenvalue weighted by Crippen LogP contribution is 2.28. The van der Waals surface area contributed by atoms with Crippen LogP contribution in [-0.4, -0.2) is 45.5 Å². The first-order chi connectivity index (χ1) is 8.95. The average Bonchev–Trinajstić information content (AvgIpc) is 2.38. The number of hydrogen-bond acceptors (Lipinski definition) is 4. The predicted octanol–water partition coefficient (Wildman–Crippen LogP) is 0.986. The molecule has 0 aromatic heterocycles. The lowest BCUT2D eigenvalue weighted by Gasteiger charge is -2.31. The zero-order valence-electron chi connectivity index (χ0n) is 11.5. The molecule has 1 aliphatic heterocycles. The van der Waals surface area contributed by atoms with Crippen molar-refractivity contribution in [3.63, 3.8) is 0 Å². The summed E-state index contributed by atoms with van der Waals surface area (Å²) >= 11 is 0. The topological polar surface area (TPSA) is 58.6 Å². The molecule has 0 spiro atoms. The number of nitrogens with one attached hydrogen (secondary N) is 1. The van der Waals surface area contributed by atoms with Gasteiger partial charge in [-0.3, -0.25) is 0 Å². The van der Waals surface area contributed by atoms with E-state index in [2.05, 4.69) is 5.32 Å². The van der Waals surface area contributed by atoms with E-state index in [4.69, 9.17) is 4.74 Å². The Morgan fingerprint density at radius 1 is 1.42 bits per heavy atom. The van der Waals surface area contributed by atoms with Gasteiger partial charge < -0.3 is 10.1 Å². The van der Waals surface area contributed by atoms with Crippen LogP contribution in [0.25, 0.3) is 0 Å². The summed E-state index contributed by atoms with van der Waals surface area (Å²) in [5.41, 5.74) is 0.905. The van der Waals surface area contributed by atoms with Gasteiger partial charge >= 0.3 is 0 Å². The number of rotatable bonds is 3. The van der Waals surface area contributed by atoms with Crippen LogP contribution in [0, 0.1) is 6.92 Å². The van der Waals surface area contributed by atoms with Gasteiger partial charge in [-0.25, -0.2) is 8.42 Å². The molecule has 1 N–H and O–H groups in total. The average molecular weight is 284 g/mol. The Bertz CT molecular complexity index is 557. The van der Waals surface area contributed by atoms with Crippen molar-refractivity contribution in [2.45, 2.75) is 24.8 Å². The highest BCUT2D eigenvalue weighted by Gasteiger charge is 2.30. The summed E-state index contributed by atoms with van der Waals surface area (Å²) in [6.45, 7) is 5.51. The standard InChI is InChI=1S/C13H20N2O3S/c1-10-4-5-12(18-3)13(8-10)19(16,17)15-7-6-14-11(2)9-15/h4-5,8,11,14H,6-7,9H2,1-3H3/t11-/m1/s1. The fourth-order valence-corrected chi connectivity index (χ4v) is 4.01. The molecule has 0 bridgehead atoms. The van der Waals surface area contributed by atoms with Crippen molar-refractivity contribution in [2.24, 2.45) is 0 Å². The number of hydrogen-bond donors (Lipinski definition) is 1. The molecule has 6 heteroatoms. The first-order valence-corrected chi connectivity index (χ1v) is 7.77. The minimum Gasteiger partial charge on any atom is -0.495 e. The molecule has 5 nitrogen and oxygen atoms in total. The Hall–Kier alpha value is -1.11. The van der Waals surface area contributed by atoms with Crippen LogP contribution in [0.5, 0.6) is 5.75 Å². The van der Waals surface area contributed by atoms with Crippen molar-refractivity contribution < 1.29 is 13.2 Å². The second-order valence-corrected chi connectivity index (χ2v) is 6.78. The molecule has 1 aliphatic rings. The van der Waals surface area contributed by atoms with E-state index in [0.717, 1.165) is 5.56 Å². The van der Waals surface area contributed by atoms with E-state index in [1.54, 1.807) is 12.1 Å². The molecule has 1 heterocycles. The van der Waals surface area contributed by atoms with Crippen molar-refractivity contribution in [3.8, 4) is 5.75 Å². The van der Waals surface area contributed by atoms with Crippen LogP contribution in [0.2, 0.25) is 0 Å². The molecule has 0 amide bonds. The number of nitrogens with zero attached hydrogens (tertiary/aromatic N) is 1. The number of sulfonamides is 1. The van der Waals surface area contributed by atoms with E-state index >= 15 is 0 Å². The maximum atomic E-state index is 12.7. The summed E-state index contributed by atoms with van der Waals surface area (Å²) in [5, 5.41) is 3.24. The van der Waals surface area contributed by atoms with Gasteiger partial charge in [0.2, 0.25) is 10.0 Å². The molecule has 0 saturated carbocycles. The third-order valence-corrected chi connectivity index (χ3v) is 5.15. The lowest BCUT2D eigenvalue weighted by atomic mass is 10.2. The number of ether oxygens (including phenoxy) is 1. The second-order valence-electron chi connectivity index (χ2n) is 4.87. The number of benzene rings is 1. The normalized spacial score (nSPS) is 21.3. The van der Waals surface area contributed by atoms with E-state index in [1.807, 2.05) is 19.9 Å². The first kappa shape index (κ1) is 14.3. The van der Waals surface area contributed by atoms with Crippen LogP contribution in [-0.2, 0) is 10.0 Å². The Labute approximate surface area is 114 Å². The fraction of sp³-hybridized carbons (Fsp3) is 0.538. The molecule has 19 heavy (non-hydrogen) atoms. The lowest BCUT2D eigenvalue weighted by Crippen LogP contribution is -2.51. The van der Waals surface area contributed by atoms with Crippen molar-refractivity contribution in [1.29, 1.82) is 0 Å². The molecule has 0 radical (unpaired) electrons. The molecule has 1 aromatic carbocycles. The van der Waals surface area contributed by atoms with Crippen molar-refractivity contribution in [1.82, 2.24) is 9.62 Å². The molecule has 1 aromatic rings. The summed E-state index contributed by atoms with van der Waals surface area (Å²) in [4.78, 5) is 0.254. The van der Waals surface area contributed by atoms with Crippen LogP contribution < -0.4 is 10.1 Å². The van der Waals surface area contributed by atoms with Gasteiger partial charge in [0, 0.05) is 25.7 Å². The quantitative estimate of drug-likeness (QED) is 0.899. The van der Waals surface area contributed by atoms with Gasteiger partial charge in [-0.1, -0.05) is 6.07 Å². The molecular weight excluding hydrogens is 264 g/mol. The molecule has 106 valence electrons. The van der Waals surface area contributed by atoms with Crippen LogP contribution in [0.4, 0.5) is 0 Å². The van der Waals surface area contributed by atoms with Gasteiger partial charge in [-0.05, 0) is 31.5 Å². The smallest absolute Gasteiger partial charge is 0.246 e. The molecule has 1 atom stereocenters. The monoisotopic (exact) mass is 284 g/mol. The fourth-order valence-electron chi connectivity index (χ4n) is 2.24. The number of methoxy groups -OCH3 is 1. The highest BCUT2D eigenvalue weighted by atomic mass is 32.2. The van der Waals surface area contributed by atoms with Gasteiger partial charge in [-0.2, -0.15) is 4.31 Å². The summed E-state index contributed by atoms with van der Waals surface area (Å²) in [5.74, 6) is 0.400. The summed E-state index contributed by atoms with van der Waals surface area (Å²) < 4.78 is 32.1. The zero-order chi connectivity index (χ0) is 14.0. The van der Waals surface area contributed by atoms with Gasteiger partial charge in [0.05, 0.1) is 7.11 Å². The Morgan fingerprint density at radius 3 is 2.79 bits per heavy atom. The summed E-state index contributed by atoms with van der Waals surface area (Å²) in [6.07, 6.45) is 0. The van der Waals surface area contributed by atoms with Crippen LogP contribution in [0.3, 0.4) is 0 Å². The van der Waals surface area contributed by atoms with E-state index in [1.165, 1.54) is 11.4 Å². The van der Waals surface area contributed by atoms with Crippen molar-refractivity contribution >= 4 is 10.0 Å². The molecular formula is C13H20N2O3S. The Balaban J connectivity index is 2.41. The number of piperazine rings is 1. The van der Waals surface area contributed by atoms with Gasteiger partial charge in [0.15, 0.2) is 0 Å². The van der Waals surface area contributed by atoms with E-state index in [-0.39, 0.29) is 10.9 Å². The van der Waals surface area contributed by atoms with Crippen molar-refractivity contribution in [2.75, 3.05) is 26.7 Å². The number of aryl methyl sites for hydroxylation is 1. The first-order valence-electron chi connectivity index (χ1n) is 6.33. The zero-order valence-corrected chi connectivity index (χ0v) is 12.3. The Morgan fingerprint density at radius 2 is 2.16 bits per heavy atom. The highest BCUT2D eigenvalue weighted by molar-refractivity contribution is 7.89. The summed E-state index contributed by atoms with van der Waals surface area (Å²) in [7, 11) is -2.00. The predicted molar refractivity (Wildman–Crippen MR) is 74.0 cm³/mol. The third kappa shape index (κ3) is 2.91. The maximum absolute atomic E-state index is 12.7. The molecule has 1 fully saturated rings. The van der Waals surface area contributed by atoms with E-state index in [0.29, 0.717) is 25.4 Å². The molecule has 2 rings (SSSR count). The van der Waals surface area contributed by atoms with Gasteiger partial charge in [0.25, 0.3) is 0 Å². The van der Waals surface area contributed by atoms with Crippen LogP contribution in [0.15, 0.2) is 23.1 Å². The molecule has 0 unspecified atom stereocenters. The van der Waals surface area contributed by atoms with Gasteiger partial charge in [-0.15, -0.1) is 0 Å². The SMILES string of the molecule is COc1ccc(C)cc1S(=O)(=O)N1CCN[C@H](C)C1. The van der Waals surface area contributed by atoms with Crippen LogP contribution >= 0.6 is 0 Å². The summed E-state index contributed by atoms with van der Waals surface area (Å²) in [6, 6.07) is 5.38. The van der Waals surface area contributed by atoms with Crippen molar-refractivity contribution in [3.05, 3.63) is 23.8 Å². The molecule has 1 saturated heterocycles. The van der Waals surface area contributed by atoms with E-state index < -0.39 is 10.0 Å². The minimum absolute atomic E-state index is 0.166. The lowest BCUT2D eigenvalue weighted by molar-refractivity contribution is 0.308. The second kappa shape index (κ2) is 5.48. The third-order valence-electron chi connectivity index (χ3n) is 3.27. The van der Waals surface area contributed by atoms with Crippen LogP contribution in [0.1, 0.15) is 12.5 Å². The van der Waals surface area contributed by atoms with E-state index in [9.17, 15) is 8.42 Å². The maximum Gasteiger partial charge on any atom is 0.246 e. The Kier molecular flexibility index (Phi) is 4.13. The molecule has 0 aliphatic carbocycles. The van der Waals surface area contributed by atoms with Gasteiger partial charge in [0.1, 0.15) is 10.6 Å².